The van der Waals surface area contributed by atoms with Crippen LogP contribution in [0.5, 0.6) is 5.75 Å². The lowest BCUT2D eigenvalue weighted by Gasteiger charge is -2.12. The van der Waals surface area contributed by atoms with E-state index >= 15 is 0 Å². The molecule has 0 spiro atoms. The van der Waals surface area contributed by atoms with E-state index in [2.05, 4.69) is 30.3 Å². The highest BCUT2D eigenvalue weighted by Gasteiger charge is 2.32. The van der Waals surface area contributed by atoms with Crippen LogP contribution in [0.25, 0.3) is 10.9 Å². The lowest BCUT2D eigenvalue weighted by atomic mass is 10.2. The molecule has 10 heteroatoms. The first kappa shape index (κ1) is 19.7. The zero-order valence-electron chi connectivity index (χ0n) is 15.1. The first-order chi connectivity index (χ1) is 14.4. The van der Waals surface area contributed by atoms with Gasteiger partial charge in [0.1, 0.15) is 11.6 Å². The summed E-state index contributed by atoms with van der Waals surface area (Å²) in [6.07, 6.45) is -1.59. The second-order valence-corrected chi connectivity index (χ2v) is 6.53. The molecule has 0 atom stereocenters. The number of para-hydroxylation sites is 1. The fourth-order valence-corrected chi connectivity index (χ4v) is 2.91. The van der Waals surface area contributed by atoms with Gasteiger partial charge >= 0.3 is 6.36 Å². The fourth-order valence-electron chi connectivity index (χ4n) is 2.69. The lowest BCUT2D eigenvalue weighted by Crippen LogP contribution is -2.17. The van der Waals surface area contributed by atoms with Crippen LogP contribution >= 0.6 is 11.6 Å². The predicted octanol–water partition coefficient (Wildman–Crippen LogP) is 6.06. The van der Waals surface area contributed by atoms with E-state index in [9.17, 15) is 13.2 Å². The number of rotatable bonds is 5. The normalized spacial score (nSPS) is 11.3. The van der Waals surface area contributed by atoms with Crippen molar-refractivity contribution in [3.8, 4) is 5.75 Å². The van der Waals surface area contributed by atoms with E-state index in [1.54, 1.807) is 12.3 Å². The Hall–Kier alpha value is -3.59. The van der Waals surface area contributed by atoms with Gasteiger partial charge in [-0.3, -0.25) is 4.98 Å². The molecule has 152 valence electrons. The Morgan fingerprint density at radius 1 is 0.900 bits per heavy atom. The van der Waals surface area contributed by atoms with Gasteiger partial charge in [0.2, 0.25) is 5.95 Å². The van der Waals surface area contributed by atoms with Crippen LogP contribution in [0.4, 0.5) is 36.3 Å². The van der Waals surface area contributed by atoms with Gasteiger partial charge in [0.15, 0.2) is 0 Å². The van der Waals surface area contributed by atoms with Gasteiger partial charge in [0, 0.05) is 17.3 Å². The average molecular weight is 432 g/mol. The first-order valence-electron chi connectivity index (χ1n) is 8.63. The number of hydrogen-bond donors (Lipinski definition) is 2. The summed E-state index contributed by atoms with van der Waals surface area (Å²) in [5.41, 5.74) is 2.03. The SMILES string of the molecule is FC(F)(F)Oc1ccc(Nc2nccc(Nc3cnc4ccccc4c3)n2)cc1Cl. The zero-order chi connectivity index (χ0) is 21.1. The molecular weight excluding hydrogens is 419 g/mol. The van der Waals surface area contributed by atoms with Crippen molar-refractivity contribution in [2.24, 2.45) is 0 Å². The van der Waals surface area contributed by atoms with Crippen LogP contribution in [0, 0.1) is 0 Å². The number of hydrogen-bond acceptors (Lipinski definition) is 6. The Labute approximate surface area is 173 Å². The quantitative estimate of drug-likeness (QED) is 0.400. The molecular formula is C20H13ClF3N5O. The van der Waals surface area contributed by atoms with Gasteiger partial charge in [0.05, 0.1) is 22.4 Å². The second kappa shape index (κ2) is 8.03. The summed E-state index contributed by atoms with van der Waals surface area (Å²) >= 11 is 5.86. The van der Waals surface area contributed by atoms with Gasteiger partial charge in [0.25, 0.3) is 0 Å². The highest BCUT2D eigenvalue weighted by atomic mass is 35.5. The molecule has 0 radical (unpaired) electrons. The van der Waals surface area contributed by atoms with Crippen LogP contribution < -0.4 is 15.4 Å². The van der Waals surface area contributed by atoms with Crippen molar-refractivity contribution in [3.05, 3.63) is 72.0 Å². The standard InChI is InChI=1S/C20H13ClF3N5O/c21-15-10-13(5-6-17(15)30-20(22,23)24)28-19-25-8-7-18(29-19)27-14-9-12-3-1-2-4-16(12)26-11-14/h1-11H,(H2,25,27,28,29). The molecule has 2 heterocycles. The lowest BCUT2D eigenvalue weighted by molar-refractivity contribution is -0.274. The van der Waals surface area contributed by atoms with Crippen LogP contribution in [0.2, 0.25) is 5.02 Å². The molecule has 2 aromatic carbocycles. The summed E-state index contributed by atoms with van der Waals surface area (Å²) in [6.45, 7) is 0. The molecule has 6 nitrogen and oxygen atoms in total. The van der Waals surface area contributed by atoms with E-state index in [0.29, 0.717) is 11.5 Å². The van der Waals surface area contributed by atoms with Crippen molar-refractivity contribution in [2.75, 3.05) is 10.6 Å². The van der Waals surface area contributed by atoms with Crippen molar-refractivity contribution in [1.82, 2.24) is 15.0 Å². The zero-order valence-corrected chi connectivity index (χ0v) is 15.9. The van der Waals surface area contributed by atoms with Gasteiger partial charge in [-0.25, -0.2) is 4.98 Å². The second-order valence-electron chi connectivity index (χ2n) is 6.13. The van der Waals surface area contributed by atoms with E-state index in [0.717, 1.165) is 22.7 Å². The molecule has 2 aromatic heterocycles. The summed E-state index contributed by atoms with van der Waals surface area (Å²) < 4.78 is 40.9. The van der Waals surface area contributed by atoms with Crippen LogP contribution in [-0.4, -0.2) is 21.3 Å². The minimum atomic E-state index is -4.82. The maximum absolute atomic E-state index is 12.4. The van der Waals surface area contributed by atoms with E-state index in [1.165, 1.54) is 18.3 Å². The van der Waals surface area contributed by atoms with Crippen LogP contribution in [0.3, 0.4) is 0 Å². The molecule has 0 saturated carbocycles. The number of nitrogens with one attached hydrogen (secondary N) is 2. The van der Waals surface area contributed by atoms with Crippen molar-refractivity contribution in [2.45, 2.75) is 6.36 Å². The van der Waals surface area contributed by atoms with Crippen LogP contribution in [-0.2, 0) is 0 Å². The van der Waals surface area contributed by atoms with Gasteiger partial charge in [-0.1, -0.05) is 29.8 Å². The van der Waals surface area contributed by atoms with E-state index in [1.807, 2.05) is 30.3 Å². The van der Waals surface area contributed by atoms with Crippen molar-refractivity contribution < 1.29 is 17.9 Å². The summed E-state index contributed by atoms with van der Waals surface area (Å²) in [5, 5.41) is 6.81. The Balaban J connectivity index is 1.50. The minimum Gasteiger partial charge on any atom is -0.404 e. The first-order valence-corrected chi connectivity index (χ1v) is 9.01. The minimum absolute atomic E-state index is 0.200. The molecule has 0 saturated heterocycles. The molecule has 0 amide bonds. The summed E-state index contributed by atoms with van der Waals surface area (Å²) in [6, 6.07) is 15.1. The Kier molecular flexibility index (Phi) is 5.28. The topological polar surface area (TPSA) is 72.0 Å². The number of nitrogens with zero attached hydrogens (tertiary/aromatic N) is 3. The van der Waals surface area contributed by atoms with Gasteiger partial charge in [-0.15, -0.1) is 13.2 Å². The van der Waals surface area contributed by atoms with E-state index in [4.69, 9.17) is 11.6 Å². The average Bonchev–Trinajstić information content (AvgIpc) is 2.69. The molecule has 4 rings (SSSR count). The number of alkyl halides is 3. The molecule has 0 fully saturated rings. The number of ether oxygens (including phenoxy) is 1. The largest absolute Gasteiger partial charge is 0.573 e. The maximum Gasteiger partial charge on any atom is 0.573 e. The molecule has 0 unspecified atom stereocenters. The van der Waals surface area contributed by atoms with E-state index in [-0.39, 0.29) is 11.0 Å². The number of benzene rings is 2. The van der Waals surface area contributed by atoms with E-state index < -0.39 is 12.1 Å². The number of fused-ring (bicyclic) bond motifs is 1. The highest BCUT2D eigenvalue weighted by Crippen LogP contribution is 2.32. The molecule has 0 bridgehead atoms. The maximum atomic E-state index is 12.4. The Morgan fingerprint density at radius 2 is 1.73 bits per heavy atom. The third-order valence-corrected chi connectivity index (χ3v) is 4.23. The third-order valence-electron chi connectivity index (χ3n) is 3.93. The van der Waals surface area contributed by atoms with Gasteiger partial charge in [-0.2, -0.15) is 4.98 Å². The van der Waals surface area contributed by atoms with Crippen LogP contribution in [0.15, 0.2) is 67.0 Å². The number of pyridine rings is 1. The smallest absolute Gasteiger partial charge is 0.404 e. The molecule has 4 aromatic rings. The molecule has 30 heavy (non-hydrogen) atoms. The molecule has 0 aliphatic carbocycles. The number of anilines is 4. The molecule has 0 aliphatic heterocycles. The number of aromatic nitrogens is 3. The van der Waals surface area contributed by atoms with Crippen molar-refractivity contribution in [3.63, 3.8) is 0 Å². The summed E-state index contributed by atoms with van der Waals surface area (Å²) in [4.78, 5) is 12.8. The van der Waals surface area contributed by atoms with Gasteiger partial charge in [-0.05, 0) is 36.4 Å². The monoisotopic (exact) mass is 431 g/mol. The van der Waals surface area contributed by atoms with Crippen LogP contribution in [0.1, 0.15) is 0 Å². The van der Waals surface area contributed by atoms with Crippen molar-refractivity contribution in [1.29, 1.82) is 0 Å². The third kappa shape index (κ3) is 4.87. The predicted molar refractivity (Wildman–Crippen MR) is 108 cm³/mol. The number of halogens is 4. The Morgan fingerprint density at radius 3 is 2.53 bits per heavy atom. The fraction of sp³-hybridized carbons (Fsp3) is 0.0500. The van der Waals surface area contributed by atoms with Crippen molar-refractivity contribution >= 4 is 45.6 Å². The molecule has 2 N–H and O–H groups in total. The van der Waals surface area contributed by atoms with Gasteiger partial charge < -0.3 is 15.4 Å². The highest BCUT2D eigenvalue weighted by molar-refractivity contribution is 6.32. The Bertz CT molecular complexity index is 1200. The molecule has 0 aliphatic rings. The summed E-state index contributed by atoms with van der Waals surface area (Å²) in [5.74, 6) is 0.247. The summed E-state index contributed by atoms with van der Waals surface area (Å²) in [7, 11) is 0.